The summed E-state index contributed by atoms with van der Waals surface area (Å²) < 4.78 is 26.6. The highest BCUT2D eigenvalue weighted by Crippen LogP contribution is 2.17. The Bertz CT molecular complexity index is 463. The summed E-state index contributed by atoms with van der Waals surface area (Å²) in [6, 6.07) is 3.53. The minimum absolute atomic E-state index is 0.230. The summed E-state index contributed by atoms with van der Waals surface area (Å²) in [6.07, 6.45) is 0.659. The van der Waals surface area contributed by atoms with Crippen LogP contribution in [-0.2, 0) is 0 Å². The van der Waals surface area contributed by atoms with Crippen LogP contribution >= 0.6 is 0 Å². The van der Waals surface area contributed by atoms with Crippen molar-refractivity contribution in [2.45, 2.75) is 32.7 Å². The molecule has 0 saturated carbocycles. The first-order chi connectivity index (χ1) is 8.79. The molecule has 0 aromatic heterocycles. The Kier molecular flexibility index (Phi) is 5.00. The fraction of sp³-hybridized carbons (Fsp3) is 0.500. The Hall–Kier alpha value is -1.49. The van der Waals surface area contributed by atoms with Crippen molar-refractivity contribution in [3.8, 4) is 0 Å². The average Bonchev–Trinajstić information content (AvgIpc) is 2.31. The van der Waals surface area contributed by atoms with E-state index >= 15 is 0 Å². The summed E-state index contributed by atoms with van der Waals surface area (Å²) >= 11 is 0. The molecule has 0 fully saturated rings. The van der Waals surface area contributed by atoms with E-state index in [9.17, 15) is 13.6 Å². The highest BCUT2D eigenvalue weighted by atomic mass is 19.2. The number of hydrogen-bond acceptors (Lipinski definition) is 2. The molecule has 106 valence electrons. The Labute approximate surface area is 112 Å². The predicted molar refractivity (Wildman–Crippen MR) is 70.7 cm³/mol. The van der Waals surface area contributed by atoms with Crippen molar-refractivity contribution in [1.29, 1.82) is 0 Å². The highest BCUT2D eigenvalue weighted by molar-refractivity contribution is 5.95. The van der Waals surface area contributed by atoms with Gasteiger partial charge < -0.3 is 11.1 Å². The minimum Gasteiger partial charge on any atom is -0.346 e. The molecule has 0 bridgehead atoms. The summed E-state index contributed by atoms with van der Waals surface area (Å²) in [4.78, 5) is 12.0. The van der Waals surface area contributed by atoms with Crippen LogP contribution in [0.15, 0.2) is 18.2 Å². The lowest BCUT2D eigenvalue weighted by Gasteiger charge is -2.31. The van der Waals surface area contributed by atoms with Crippen molar-refractivity contribution in [1.82, 2.24) is 5.32 Å². The third kappa shape index (κ3) is 3.99. The second-order valence-electron chi connectivity index (χ2n) is 5.42. The zero-order valence-corrected chi connectivity index (χ0v) is 11.5. The summed E-state index contributed by atoms with van der Waals surface area (Å²) in [7, 11) is 0. The van der Waals surface area contributed by atoms with E-state index in [1.807, 2.05) is 13.8 Å². The molecule has 1 amide bonds. The van der Waals surface area contributed by atoms with Crippen molar-refractivity contribution in [2.24, 2.45) is 11.7 Å². The van der Waals surface area contributed by atoms with Crippen LogP contribution in [0.1, 0.15) is 37.6 Å². The number of hydrogen-bond donors (Lipinski definition) is 2. The second kappa shape index (κ2) is 6.10. The molecule has 3 N–H and O–H groups in total. The van der Waals surface area contributed by atoms with E-state index in [1.165, 1.54) is 12.1 Å². The zero-order chi connectivity index (χ0) is 14.6. The first kappa shape index (κ1) is 15.6. The van der Waals surface area contributed by atoms with Gasteiger partial charge in [-0.15, -0.1) is 0 Å². The molecule has 0 saturated heterocycles. The molecule has 0 spiro atoms. The molecular formula is C14H20F2N2O. The van der Waals surface area contributed by atoms with Crippen LogP contribution in [0.2, 0.25) is 0 Å². The fourth-order valence-corrected chi connectivity index (χ4v) is 2.11. The van der Waals surface area contributed by atoms with Gasteiger partial charge in [-0.2, -0.15) is 0 Å². The molecule has 19 heavy (non-hydrogen) atoms. The Balaban J connectivity index is 2.92. The predicted octanol–water partition coefficient (Wildman–Crippen LogP) is 2.46. The maximum atomic E-state index is 13.5. The van der Waals surface area contributed by atoms with Crippen molar-refractivity contribution in [3.05, 3.63) is 35.4 Å². The van der Waals surface area contributed by atoms with Gasteiger partial charge in [-0.05, 0) is 31.4 Å². The number of halogens is 2. The summed E-state index contributed by atoms with van der Waals surface area (Å²) in [5.74, 6) is -2.49. The molecule has 5 heteroatoms. The van der Waals surface area contributed by atoms with E-state index in [2.05, 4.69) is 5.32 Å². The third-order valence-corrected chi connectivity index (χ3v) is 2.92. The average molecular weight is 270 g/mol. The maximum absolute atomic E-state index is 13.5. The quantitative estimate of drug-likeness (QED) is 0.863. The molecule has 3 nitrogen and oxygen atoms in total. The standard InChI is InChI=1S/C14H20F2N2O/c1-9(2)7-14(3,8-17)18-13(19)10-5-4-6-11(15)12(10)16/h4-6,9H,7-8,17H2,1-3H3,(H,18,19). The van der Waals surface area contributed by atoms with Crippen LogP contribution < -0.4 is 11.1 Å². The van der Waals surface area contributed by atoms with Gasteiger partial charge in [-0.1, -0.05) is 19.9 Å². The van der Waals surface area contributed by atoms with E-state index in [0.29, 0.717) is 12.3 Å². The molecule has 1 unspecified atom stereocenters. The Morgan fingerprint density at radius 2 is 2.05 bits per heavy atom. The number of nitrogens with one attached hydrogen (secondary N) is 1. The number of nitrogens with two attached hydrogens (primary N) is 1. The lowest BCUT2D eigenvalue weighted by Crippen LogP contribution is -2.52. The van der Waals surface area contributed by atoms with Gasteiger partial charge in [0.1, 0.15) is 0 Å². The third-order valence-electron chi connectivity index (χ3n) is 2.92. The van der Waals surface area contributed by atoms with Crippen LogP contribution in [0.25, 0.3) is 0 Å². The highest BCUT2D eigenvalue weighted by Gasteiger charge is 2.27. The van der Waals surface area contributed by atoms with Gasteiger partial charge in [-0.25, -0.2) is 8.78 Å². The molecule has 1 aromatic carbocycles. The van der Waals surface area contributed by atoms with E-state index < -0.39 is 23.1 Å². The van der Waals surface area contributed by atoms with Crippen LogP contribution in [0.3, 0.4) is 0 Å². The van der Waals surface area contributed by atoms with Gasteiger partial charge in [0.25, 0.3) is 5.91 Å². The van der Waals surface area contributed by atoms with Gasteiger partial charge in [0.15, 0.2) is 11.6 Å². The summed E-state index contributed by atoms with van der Waals surface area (Å²) in [6.45, 7) is 6.03. The van der Waals surface area contributed by atoms with E-state index in [1.54, 1.807) is 6.92 Å². The van der Waals surface area contributed by atoms with Crippen molar-refractivity contribution >= 4 is 5.91 Å². The number of carbonyl (C=O) groups is 1. The molecule has 0 aliphatic carbocycles. The monoisotopic (exact) mass is 270 g/mol. The van der Waals surface area contributed by atoms with Gasteiger partial charge in [0.05, 0.1) is 5.56 Å². The lowest BCUT2D eigenvalue weighted by atomic mass is 9.90. The van der Waals surface area contributed by atoms with Crippen LogP contribution in [-0.4, -0.2) is 18.0 Å². The molecule has 1 aromatic rings. The molecule has 0 aliphatic heterocycles. The van der Waals surface area contributed by atoms with Gasteiger partial charge in [0, 0.05) is 12.1 Å². The van der Waals surface area contributed by atoms with Crippen LogP contribution in [0.4, 0.5) is 8.78 Å². The normalized spacial score (nSPS) is 14.3. The molecule has 0 heterocycles. The lowest BCUT2D eigenvalue weighted by molar-refractivity contribution is 0.0893. The Morgan fingerprint density at radius 1 is 1.42 bits per heavy atom. The summed E-state index contributed by atoms with van der Waals surface area (Å²) in [5.41, 5.74) is 4.73. The number of rotatable bonds is 5. The van der Waals surface area contributed by atoms with Gasteiger partial charge >= 0.3 is 0 Å². The summed E-state index contributed by atoms with van der Waals surface area (Å²) in [5, 5.41) is 2.69. The first-order valence-electron chi connectivity index (χ1n) is 6.25. The van der Waals surface area contributed by atoms with E-state index in [-0.39, 0.29) is 12.1 Å². The zero-order valence-electron chi connectivity index (χ0n) is 11.5. The van der Waals surface area contributed by atoms with Gasteiger partial charge in [-0.3, -0.25) is 4.79 Å². The van der Waals surface area contributed by atoms with E-state index in [0.717, 1.165) is 6.07 Å². The minimum atomic E-state index is -1.14. The first-order valence-corrected chi connectivity index (χ1v) is 6.25. The van der Waals surface area contributed by atoms with E-state index in [4.69, 9.17) is 5.73 Å². The fourth-order valence-electron chi connectivity index (χ4n) is 2.11. The van der Waals surface area contributed by atoms with Crippen molar-refractivity contribution in [3.63, 3.8) is 0 Å². The maximum Gasteiger partial charge on any atom is 0.254 e. The number of carbonyl (C=O) groups excluding carboxylic acids is 1. The van der Waals surface area contributed by atoms with Crippen LogP contribution in [0.5, 0.6) is 0 Å². The smallest absolute Gasteiger partial charge is 0.254 e. The van der Waals surface area contributed by atoms with Crippen molar-refractivity contribution < 1.29 is 13.6 Å². The molecule has 1 rings (SSSR count). The largest absolute Gasteiger partial charge is 0.346 e. The number of amides is 1. The van der Waals surface area contributed by atoms with Crippen molar-refractivity contribution in [2.75, 3.05) is 6.54 Å². The molecular weight excluding hydrogens is 250 g/mol. The molecule has 0 radical (unpaired) electrons. The molecule has 0 aliphatic rings. The Morgan fingerprint density at radius 3 is 2.58 bits per heavy atom. The van der Waals surface area contributed by atoms with Crippen LogP contribution in [0, 0.1) is 17.6 Å². The molecule has 1 atom stereocenters. The SMILES string of the molecule is CC(C)CC(C)(CN)NC(=O)c1cccc(F)c1F. The topological polar surface area (TPSA) is 55.1 Å². The number of benzene rings is 1. The van der Waals surface area contributed by atoms with Gasteiger partial charge in [0.2, 0.25) is 0 Å². The second-order valence-corrected chi connectivity index (χ2v) is 5.42.